The Labute approximate surface area is 55.7 Å². The van der Waals surface area contributed by atoms with Crippen molar-refractivity contribution in [2.45, 2.75) is 19.3 Å². The van der Waals surface area contributed by atoms with Crippen LogP contribution in [-0.4, -0.2) is 23.5 Å². The molecule has 8 heavy (non-hydrogen) atoms. The van der Waals surface area contributed by atoms with Crippen molar-refractivity contribution in [3.05, 3.63) is 0 Å². The normalized spacial score (nSPS) is 21.6. The second kappa shape index (κ2) is 2.44. The Kier molecular flexibility index (Phi) is 1.84. The summed E-state index contributed by atoms with van der Waals surface area (Å²) in [5.74, 6) is 0. The maximum atomic E-state index is 5.05. The third-order valence-electron chi connectivity index (χ3n) is 1.56. The van der Waals surface area contributed by atoms with Crippen LogP contribution in [0.25, 0.3) is 0 Å². The minimum absolute atomic E-state index is 1.13. The Bertz CT molecular complexity index is 101. The Morgan fingerprint density at radius 1 is 1.50 bits per heavy atom. The lowest BCUT2D eigenvalue weighted by Crippen LogP contribution is -2.29. The molecule has 1 nitrogen and oxygen atoms in total. The van der Waals surface area contributed by atoms with Crippen LogP contribution < -0.4 is 0 Å². The Morgan fingerprint density at radius 2 is 2.25 bits per heavy atom. The van der Waals surface area contributed by atoms with E-state index in [-0.39, 0.29) is 0 Å². The van der Waals surface area contributed by atoms with Crippen molar-refractivity contribution in [3.8, 4) is 0 Å². The molecule has 1 saturated heterocycles. The summed E-state index contributed by atoms with van der Waals surface area (Å²) in [5.41, 5.74) is 0. The Hall–Kier alpha value is -0.110. The summed E-state index contributed by atoms with van der Waals surface area (Å²) in [5, 5.41) is 0. The molecule has 0 aromatic heterocycles. The molecule has 1 fully saturated rings. The van der Waals surface area contributed by atoms with E-state index in [1.54, 1.807) is 0 Å². The standard InChI is InChI=1S/C6H11NS/c1-7-5-3-2-4-6(7)8/h2-5H2,1H3. The Morgan fingerprint density at radius 3 is 2.62 bits per heavy atom. The first-order valence-electron chi connectivity index (χ1n) is 3.04. The number of rotatable bonds is 0. The molecule has 0 atom stereocenters. The SMILES string of the molecule is CN1CCCCC1=S. The van der Waals surface area contributed by atoms with Gasteiger partial charge in [-0.3, -0.25) is 0 Å². The molecule has 0 N–H and O–H groups in total. The van der Waals surface area contributed by atoms with Crippen molar-refractivity contribution < 1.29 is 0 Å². The second-order valence-corrected chi connectivity index (χ2v) is 2.74. The fourth-order valence-corrected chi connectivity index (χ4v) is 1.18. The number of piperidine rings is 1. The van der Waals surface area contributed by atoms with Crippen LogP contribution >= 0.6 is 12.2 Å². The second-order valence-electron chi connectivity index (χ2n) is 2.27. The maximum Gasteiger partial charge on any atom is 0.0776 e. The zero-order chi connectivity index (χ0) is 5.98. The summed E-state index contributed by atoms with van der Waals surface area (Å²) in [6.45, 7) is 1.17. The predicted octanol–water partition coefficient (Wildman–Crippen LogP) is 1.43. The van der Waals surface area contributed by atoms with Gasteiger partial charge in [-0.2, -0.15) is 0 Å². The van der Waals surface area contributed by atoms with Gasteiger partial charge < -0.3 is 4.90 Å². The molecule has 1 aliphatic rings. The zero-order valence-corrected chi connectivity index (χ0v) is 6.00. The van der Waals surface area contributed by atoms with E-state index in [0.29, 0.717) is 0 Å². The molecule has 0 spiro atoms. The van der Waals surface area contributed by atoms with Crippen LogP contribution in [0.3, 0.4) is 0 Å². The quantitative estimate of drug-likeness (QED) is 0.455. The van der Waals surface area contributed by atoms with E-state index in [0.717, 1.165) is 11.4 Å². The molecular formula is C6H11NS. The van der Waals surface area contributed by atoms with Crippen molar-refractivity contribution in [2.24, 2.45) is 0 Å². The van der Waals surface area contributed by atoms with Crippen LogP contribution in [0.5, 0.6) is 0 Å². The van der Waals surface area contributed by atoms with Gasteiger partial charge in [-0.25, -0.2) is 0 Å². The van der Waals surface area contributed by atoms with Gasteiger partial charge in [-0.05, 0) is 19.3 Å². The average molecular weight is 129 g/mol. The highest BCUT2D eigenvalue weighted by molar-refractivity contribution is 7.80. The fraction of sp³-hybridized carbons (Fsp3) is 0.833. The molecule has 0 radical (unpaired) electrons. The summed E-state index contributed by atoms with van der Waals surface area (Å²) in [6.07, 6.45) is 3.74. The number of likely N-dealkylation sites (tertiary alicyclic amines) is 1. The highest BCUT2D eigenvalue weighted by atomic mass is 32.1. The topological polar surface area (TPSA) is 3.24 Å². The van der Waals surface area contributed by atoms with E-state index in [4.69, 9.17) is 12.2 Å². The van der Waals surface area contributed by atoms with Crippen LogP contribution in [0.2, 0.25) is 0 Å². The van der Waals surface area contributed by atoms with Crippen LogP contribution in [0.15, 0.2) is 0 Å². The first-order valence-corrected chi connectivity index (χ1v) is 3.45. The van der Waals surface area contributed by atoms with E-state index in [1.807, 2.05) is 0 Å². The van der Waals surface area contributed by atoms with Gasteiger partial charge in [0.25, 0.3) is 0 Å². The fourth-order valence-electron chi connectivity index (χ4n) is 0.941. The van der Waals surface area contributed by atoms with Gasteiger partial charge in [-0.15, -0.1) is 0 Å². The van der Waals surface area contributed by atoms with Gasteiger partial charge in [0.2, 0.25) is 0 Å². The van der Waals surface area contributed by atoms with E-state index in [9.17, 15) is 0 Å². The molecule has 0 saturated carbocycles. The third kappa shape index (κ3) is 1.19. The molecule has 0 aromatic carbocycles. The van der Waals surface area contributed by atoms with Gasteiger partial charge in [0, 0.05) is 13.6 Å². The first-order chi connectivity index (χ1) is 3.80. The van der Waals surface area contributed by atoms with E-state index in [1.165, 1.54) is 19.4 Å². The van der Waals surface area contributed by atoms with Gasteiger partial charge in [0.1, 0.15) is 0 Å². The predicted molar refractivity (Wildman–Crippen MR) is 39.1 cm³/mol. The van der Waals surface area contributed by atoms with Crippen molar-refractivity contribution in [2.75, 3.05) is 13.6 Å². The van der Waals surface area contributed by atoms with E-state index >= 15 is 0 Å². The largest absolute Gasteiger partial charge is 0.369 e. The average Bonchev–Trinajstić information content (AvgIpc) is 1.77. The van der Waals surface area contributed by atoms with E-state index < -0.39 is 0 Å². The van der Waals surface area contributed by atoms with Gasteiger partial charge >= 0.3 is 0 Å². The van der Waals surface area contributed by atoms with Gasteiger partial charge in [-0.1, -0.05) is 12.2 Å². The molecule has 0 aliphatic carbocycles. The number of nitrogens with zero attached hydrogens (tertiary/aromatic N) is 1. The lowest BCUT2D eigenvalue weighted by atomic mass is 10.1. The molecule has 0 aromatic rings. The highest BCUT2D eigenvalue weighted by Gasteiger charge is 2.08. The third-order valence-corrected chi connectivity index (χ3v) is 2.08. The molecule has 0 unspecified atom stereocenters. The van der Waals surface area contributed by atoms with Gasteiger partial charge in [0.15, 0.2) is 0 Å². The Balaban J connectivity index is 2.39. The van der Waals surface area contributed by atoms with Crippen molar-refractivity contribution in [1.29, 1.82) is 0 Å². The monoisotopic (exact) mass is 129 g/mol. The summed E-state index contributed by atoms with van der Waals surface area (Å²) in [6, 6.07) is 0. The van der Waals surface area contributed by atoms with Crippen LogP contribution in [-0.2, 0) is 0 Å². The minimum atomic E-state index is 1.13. The van der Waals surface area contributed by atoms with Crippen LogP contribution in [0.4, 0.5) is 0 Å². The van der Waals surface area contributed by atoms with Crippen LogP contribution in [0.1, 0.15) is 19.3 Å². The minimum Gasteiger partial charge on any atom is -0.369 e. The molecule has 46 valence electrons. The molecule has 2 heteroatoms. The van der Waals surface area contributed by atoms with Crippen LogP contribution in [0, 0.1) is 0 Å². The lowest BCUT2D eigenvalue weighted by molar-refractivity contribution is 0.444. The van der Waals surface area contributed by atoms with Crippen molar-refractivity contribution in [1.82, 2.24) is 4.90 Å². The molecule has 1 heterocycles. The summed E-state index contributed by atoms with van der Waals surface area (Å²) in [4.78, 5) is 3.30. The molecule has 1 aliphatic heterocycles. The number of thiocarbonyl (C=S) groups is 1. The molecule has 1 rings (SSSR count). The van der Waals surface area contributed by atoms with Crippen molar-refractivity contribution >= 4 is 17.2 Å². The van der Waals surface area contributed by atoms with Gasteiger partial charge in [0.05, 0.1) is 4.99 Å². The molecule has 0 amide bonds. The molecular weight excluding hydrogens is 118 g/mol. The first kappa shape index (κ1) is 6.02. The summed E-state index contributed by atoms with van der Waals surface area (Å²) < 4.78 is 0. The summed E-state index contributed by atoms with van der Waals surface area (Å²) in [7, 11) is 2.07. The van der Waals surface area contributed by atoms with E-state index in [2.05, 4.69) is 11.9 Å². The number of hydrogen-bond acceptors (Lipinski definition) is 1. The lowest BCUT2D eigenvalue weighted by Gasteiger charge is -2.24. The maximum absolute atomic E-state index is 5.05. The highest BCUT2D eigenvalue weighted by Crippen LogP contribution is 2.08. The van der Waals surface area contributed by atoms with Crippen molar-refractivity contribution in [3.63, 3.8) is 0 Å². The zero-order valence-electron chi connectivity index (χ0n) is 5.18. The smallest absolute Gasteiger partial charge is 0.0776 e. The summed E-state index contributed by atoms with van der Waals surface area (Å²) >= 11 is 5.05. The molecule has 0 bridgehead atoms. The number of hydrogen-bond donors (Lipinski definition) is 0.